The van der Waals surface area contributed by atoms with Gasteiger partial charge in [0.1, 0.15) is 0 Å². The Bertz CT molecular complexity index is 1000. The van der Waals surface area contributed by atoms with Crippen LogP contribution in [0, 0.1) is 5.92 Å². The molecule has 2 aliphatic rings. The fraction of sp³-hybridized carbons (Fsp3) is 0.400. The summed E-state index contributed by atoms with van der Waals surface area (Å²) in [6, 6.07) is 13.5. The Labute approximate surface area is 198 Å². The van der Waals surface area contributed by atoms with Crippen LogP contribution in [0.5, 0.6) is 0 Å². The van der Waals surface area contributed by atoms with Crippen LogP contribution in [-0.4, -0.2) is 55.0 Å². The van der Waals surface area contributed by atoms with Crippen molar-refractivity contribution in [3.63, 3.8) is 0 Å². The van der Waals surface area contributed by atoms with Crippen molar-refractivity contribution in [3.8, 4) is 0 Å². The summed E-state index contributed by atoms with van der Waals surface area (Å²) in [5.74, 6) is -0.671. The summed E-state index contributed by atoms with van der Waals surface area (Å²) in [5, 5.41) is 6.36. The quantitative estimate of drug-likeness (QED) is 0.674. The number of halogens is 1. The second-order valence-electron chi connectivity index (χ2n) is 8.51. The molecule has 2 aromatic carbocycles. The average Bonchev–Trinajstić information content (AvgIpc) is 3.36. The summed E-state index contributed by atoms with van der Waals surface area (Å²) >= 11 is 5.88. The molecule has 0 saturated carbocycles. The third-order valence-corrected chi connectivity index (χ3v) is 6.33. The molecule has 2 unspecified atom stereocenters. The molecule has 0 bridgehead atoms. The standard InChI is InChI=1S/C25H28ClN3O4/c26-20-10-8-17(9-11-20)24(31)28-21-6-1-4-18(14-21)25(32)29-12-2-5-19(16-29)23(30)27-15-22-7-3-13-33-22/h1,4,6,8-11,14,19,22H,2-3,5,7,12-13,15-16H2,(H,27,30)(H,28,31). The Morgan fingerprint density at radius 1 is 1.03 bits per heavy atom. The number of nitrogens with zero attached hydrogens (tertiary/aromatic N) is 1. The van der Waals surface area contributed by atoms with Crippen LogP contribution in [0.2, 0.25) is 5.02 Å². The van der Waals surface area contributed by atoms with E-state index < -0.39 is 0 Å². The average molecular weight is 470 g/mol. The fourth-order valence-electron chi connectivity index (χ4n) is 4.26. The van der Waals surface area contributed by atoms with Gasteiger partial charge < -0.3 is 20.3 Å². The Kier molecular flexibility index (Phi) is 7.62. The number of carbonyl (C=O) groups excluding carboxylic acids is 3. The lowest BCUT2D eigenvalue weighted by molar-refractivity contribution is -0.126. The highest BCUT2D eigenvalue weighted by Gasteiger charge is 2.29. The van der Waals surface area contributed by atoms with Crippen LogP contribution in [-0.2, 0) is 9.53 Å². The van der Waals surface area contributed by atoms with Gasteiger partial charge in [-0.15, -0.1) is 0 Å². The third kappa shape index (κ3) is 6.12. The largest absolute Gasteiger partial charge is 0.376 e. The maximum Gasteiger partial charge on any atom is 0.255 e. The highest BCUT2D eigenvalue weighted by Crippen LogP contribution is 2.21. The van der Waals surface area contributed by atoms with Crippen molar-refractivity contribution < 1.29 is 19.1 Å². The van der Waals surface area contributed by atoms with Crippen LogP contribution in [0.1, 0.15) is 46.4 Å². The molecular formula is C25H28ClN3O4. The predicted octanol–water partition coefficient (Wildman–Crippen LogP) is 3.74. The first-order chi connectivity index (χ1) is 16.0. The molecular weight excluding hydrogens is 442 g/mol. The maximum atomic E-state index is 13.1. The van der Waals surface area contributed by atoms with Crippen LogP contribution in [0.4, 0.5) is 5.69 Å². The summed E-state index contributed by atoms with van der Waals surface area (Å²) in [7, 11) is 0. The van der Waals surface area contributed by atoms with Gasteiger partial charge >= 0.3 is 0 Å². The van der Waals surface area contributed by atoms with E-state index in [4.69, 9.17) is 16.3 Å². The van der Waals surface area contributed by atoms with E-state index in [0.29, 0.717) is 41.5 Å². The van der Waals surface area contributed by atoms with Crippen LogP contribution in [0.15, 0.2) is 48.5 Å². The molecule has 2 saturated heterocycles. The number of carbonyl (C=O) groups is 3. The molecule has 4 rings (SSSR count). The number of hydrogen-bond donors (Lipinski definition) is 2. The van der Waals surface area contributed by atoms with Crippen molar-refractivity contribution in [1.29, 1.82) is 0 Å². The van der Waals surface area contributed by atoms with Crippen molar-refractivity contribution in [2.45, 2.75) is 31.8 Å². The van der Waals surface area contributed by atoms with Gasteiger partial charge in [-0.25, -0.2) is 0 Å². The molecule has 2 fully saturated rings. The molecule has 2 atom stereocenters. The normalized spacial score (nSPS) is 20.3. The van der Waals surface area contributed by atoms with E-state index in [0.717, 1.165) is 32.3 Å². The van der Waals surface area contributed by atoms with Gasteiger partial charge in [0.15, 0.2) is 0 Å². The summed E-state index contributed by atoms with van der Waals surface area (Å²) in [5.41, 5.74) is 1.48. The van der Waals surface area contributed by atoms with Gasteiger partial charge in [0.05, 0.1) is 12.0 Å². The van der Waals surface area contributed by atoms with E-state index in [1.54, 1.807) is 53.4 Å². The Morgan fingerprint density at radius 2 is 1.85 bits per heavy atom. The lowest BCUT2D eigenvalue weighted by Crippen LogP contribution is -2.46. The van der Waals surface area contributed by atoms with E-state index in [-0.39, 0.29) is 29.7 Å². The smallest absolute Gasteiger partial charge is 0.255 e. The minimum absolute atomic E-state index is 0.0213. The zero-order valence-corrected chi connectivity index (χ0v) is 19.1. The Balaban J connectivity index is 1.35. The number of ether oxygens (including phenoxy) is 1. The second-order valence-corrected chi connectivity index (χ2v) is 8.95. The van der Waals surface area contributed by atoms with Crippen LogP contribution in [0.25, 0.3) is 0 Å². The summed E-state index contributed by atoms with van der Waals surface area (Å²) in [6.45, 7) is 2.28. The summed E-state index contributed by atoms with van der Waals surface area (Å²) in [4.78, 5) is 40.0. The molecule has 0 aliphatic carbocycles. The number of piperidine rings is 1. The van der Waals surface area contributed by atoms with Crippen molar-refractivity contribution in [2.24, 2.45) is 5.92 Å². The Hall–Kier alpha value is -2.90. The van der Waals surface area contributed by atoms with Crippen molar-refractivity contribution in [3.05, 3.63) is 64.7 Å². The number of benzene rings is 2. The van der Waals surface area contributed by atoms with Crippen molar-refractivity contribution in [2.75, 3.05) is 31.6 Å². The first kappa shape index (κ1) is 23.3. The molecule has 174 valence electrons. The summed E-state index contributed by atoms with van der Waals surface area (Å²) < 4.78 is 5.56. The van der Waals surface area contributed by atoms with Crippen LogP contribution < -0.4 is 10.6 Å². The minimum atomic E-state index is -0.280. The fourth-order valence-corrected chi connectivity index (χ4v) is 4.38. The minimum Gasteiger partial charge on any atom is -0.376 e. The lowest BCUT2D eigenvalue weighted by atomic mass is 9.96. The molecule has 2 aliphatic heterocycles. The predicted molar refractivity (Wildman–Crippen MR) is 126 cm³/mol. The molecule has 0 aromatic heterocycles. The number of anilines is 1. The third-order valence-electron chi connectivity index (χ3n) is 6.08. The number of hydrogen-bond acceptors (Lipinski definition) is 4. The van der Waals surface area contributed by atoms with Gasteiger partial charge in [-0.3, -0.25) is 14.4 Å². The molecule has 33 heavy (non-hydrogen) atoms. The SMILES string of the molecule is O=C(Nc1cccc(C(=O)N2CCCC(C(=O)NCC3CCCO3)C2)c1)c1ccc(Cl)cc1. The number of nitrogens with one attached hydrogen (secondary N) is 2. The Morgan fingerprint density at radius 3 is 2.61 bits per heavy atom. The van der Waals surface area contributed by atoms with Crippen molar-refractivity contribution >= 4 is 35.0 Å². The molecule has 2 N–H and O–H groups in total. The lowest BCUT2D eigenvalue weighted by Gasteiger charge is -2.32. The van der Waals surface area contributed by atoms with E-state index in [1.165, 1.54) is 0 Å². The molecule has 0 spiro atoms. The molecule has 3 amide bonds. The number of amides is 3. The van der Waals surface area contributed by atoms with Crippen LogP contribution >= 0.6 is 11.6 Å². The molecule has 8 heteroatoms. The molecule has 0 radical (unpaired) electrons. The van der Waals surface area contributed by atoms with Gasteiger partial charge in [0, 0.05) is 48.1 Å². The monoisotopic (exact) mass is 469 g/mol. The van der Waals surface area contributed by atoms with E-state index in [9.17, 15) is 14.4 Å². The zero-order chi connectivity index (χ0) is 23.2. The molecule has 7 nitrogen and oxygen atoms in total. The van der Waals surface area contributed by atoms with E-state index in [1.807, 2.05) is 0 Å². The molecule has 2 aromatic rings. The van der Waals surface area contributed by atoms with Crippen molar-refractivity contribution in [1.82, 2.24) is 10.2 Å². The number of rotatable bonds is 6. The summed E-state index contributed by atoms with van der Waals surface area (Å²) in [6.07, 6.45) is 3.64. The highest BCUT2D eigenvalue weighted by atomic mass is 35.5. The zero-order valence-electron chi connectivity index (χ0n) is 18.4. The molecule has 2 heterocycles. The number of likely N-dealkylation sites (tertiary alicyclic amines) is 1. The first-order valence-corrected chi connectivity index (χ1v) is 11.7. The van der Waals surface area contributed by atoms with Gasteiger partial charge in [0.25, 0.3) is 11.8 Å². The van der Waals surface area contributed by atoms with Gasteiger partial charge in [0.2, 0.25) is 5.91 Å². The van der Waals surface area contributed by atoms with E-state index >= 15 is 0 Å². The maximum absolute atomic E-state index is 13.1. The van der Waals surface area contributed by atoms with Gasteiger partial charge in [-0.05, 0) is 68.1 Å². The van der Waals surface area contributed by atoms with E-state index in [2.05, 4.69) is 10.6 Å². The topological polar surface area (TPSA) is 87.7 Å². The first-order valence-electron chi connectivity index (χ1n) is 11.3. The second kappa shape index (κ2) is 10.8. The van der Waals surface area contributed by atoms with Gasteiger partial charge in [-0.2, -0.15) is 0 Å². The highest BCUT2D eigenvalue weighted by molar-refractivity contribution is 6.30. The van der Waals surface area contributed by atoms with Gasteiger partial charge in [-0.1, -0.05) is 17.7 Å². The van der Waals surface area contributed by atoms with Crippen LogP contribution in [0.3, 0.4) is 0 Å².